The van der Waals surface area contributed by atoms with Crippen LogP contribution in [-0.4, -0.2) is 52.3 Å². The van der Waals surface area contributed by atoms with Crippen molar-refractivity contribution in [1.82, 2.24) is 25.1 Å². The van der Waals surface area contributed by atoms with Crippen LogP contribution in [0.2, 0.25) is 0 Å². The summed E-state index contributed by atoms with van der Waals surface area (Å²) in [5.74, 6) is 0.501. The minimum Gasteiger partial charge on any atom is -0.491 e. The van der Waals surface area contributed by atoms with Gasteiger partial charge in [0.15, 0.2) is 0 Å². The molecule has 2 N–H and O–H groups in total. The van der Waals surface area contributed by atoms with E-state index < -0.39 is 0 Å². The molecule has 6 aromatic rings. The van der Waals surface area contributed by atoms with Crippen molar-refractivity contribution in [2.45, 2.75) is 0 Å². The standard InChI is InChI=1S/C30H26FN5O/c1-36(2)12-13-37-23-14-21(17-32-18-23)20-8-11-28-26(15-20)30(35-34-28)29-16-25-24(4-3-5-27(25)33-29)19-6-9-22(31)10-7-19/h3-11,14-18,33H,12-13H2,1-2H3,(H,34,35). The molecule has 0 atom stereocenters. The largest absolute Gasteiger partial charge is 0.491 e. The zero-order chi connectivity index (χ0) is 25.4. The average molecular weight is 492 g/mol. The summed E-state index contributed by atoms with van der Waals surface area (Å²) in [7, 11) is 4.04. The van der Waals surface area contributed by atoms with Crippen molar-refractivity contribution in [3.8, 4) is 39.4 Å². The van der Waals surface area contributed by atoms with E-state index in [1.807, 2.05) is 44.6 Å². The first-order valence-corrected chi connectivity index (χ1v) is 12.1. The van der Waals surface area contributed by atoms with Crippen molar-refractivity contribution in [3.63, 3.8) is 0 Å². The van der Waals surface area contributed by atoms with Crippen LogP contribution in [0.1, 0.15) is 0 Å². The van der Waals surface area contributed by atoms with Crippen LogP contribution in [-0.2, 0) is 0 Å². The fraction of sp³-hybridized carbons (Fsp3) is 0.133. The van der Waals surface area contributed by atoms with Gasteiger partial charge >= 0.3 is 0 Å². The lowest BCUT2D eigenvalue weighted by Gasteiger charge is -2.11. The van der Waals surface area contributed by atoms with Gasteiger partial charge in [0.25, 0.3) is 0 Å². The number of rotatable bonds is 7. The number of likely N-dealkylation sites (N-methyl/N-ethyl adjacent to an activating group) is 1. The van der Waals surface area contributed by atoms with Crippen molar-refractivity contribution >= 4 is 21.8 Å². The molecule has 0 saturated heterocycles. The Morgan fingerprint density at radius 3 is 2.51 bits per heavy atom. The second-order valence-electron chi connectivity index (χ2n) is 9.35. The first-order valence-electron chi connectivity index (χ1n) is 12.1. The number of aromatic amines is 2. The van der Waals surface area contributed by atoms with Gasteiger partial charge in [-0.2, -0.15) is 5.10 Å². The van der Waals surface area contributed by atoms with Gasteiger partial charge in [0.1, 0.15) is 23.9 Å². The molecule has 0 spiro atoms. The smallest absolute Gasteiger partial charge is 0.138 e. The van der Waals surface area contributed by atoms with Gasteiger partial charge in [0.2, 0.25) is 0 Å². The summed E-state index contributed by atoms with van der Waals surface area (Å²) in [5.41, 5.74) is 7.70. The topological polar surface area (TPSA) is 69.8 Å². The highest BCUT2D eigenvalue weighted by Crippen LogP contribution is 2.35. The van der Waals surface area contributed by atoms with E-state index in [9.17, 15) is 4.39 Å². The Bertz CT molecular complexity index is 1700. The van der Waals surface area contributed by atoms with Crippen LogP contribution < -0.4 is 4.74 Å². The van der Waals surface area contributed by atoms with Gasteiger partial charge in [-0.3, -0.25) is 10.1 Å². The molecule has 184 valence electrons. The summed E-state index contributed by atoms with van der Waals surface area (Å²) in [4.78, 5) is 9.99. The molecule has 0 aliphatic heterocycles. The van der Waals surface area contributed by atoms with Crippen molar-refractivity contribution in [1.29, 1.82) is 0 Å². The monoisotopic (exact) mass is 491 g/mol. The summed E-state index contributed by atoms with van der Waals surface area (Å²) in [6, 6.07) is 23.0. The quantitative estimate of drug-likeness (QED) is 0.267. The van der Waals surface area contributed by atoms with Gasteiger partial charge in [0.05, 0.1) is 17.4 Å². The number of nitrogens with one attached hydrogen (secondary N) is 2. The third kappa shape index (κ3) is 4.57. The zero-order valence-corrected chi connectivity index (χ0v) is 20.6. The highest BCUT2D eigenvalue weighted by atomic mass is 19.1. The lowest BCUT2D eigenvalue weighted by atomic mass is 10.0. The number of H-pyrrole nitrogens is 2. The van der Waals surface area contributed by atoms with E-state index in [2.05, 4.69) is 49.3 Å². The van der Waals surface area contributed by atoms with Crippen LogP contribution in [0.5, 0.6) is 5.75 Å². The number of halogens is 1. The average Bonchev–Trinajstić information content (AvgIpc) is 3.53. The summed E-state index contributed by atoms with van der Waals surface area (Å²) >= 11 is 0. The van der Waals surface area contributed by atoms with E-state index in [-0.39, 0.29) is 5.82 Å². The molecular weight excluding hydrogens is 465 g/mol. The van der Waals surface area contributed by atoms with E-state index in [0.717, 1.165) is 67.7 Å². The maximum absolute atomic E-state index is 13.5. The second kappa shape index (κ2) is 9.52. The molecule has 0 amide bonds. The van der Waals surface area contributed by atoms with Gasteiger partial charge < -0.3 is 14.6 Å². The Labute approximate surface area is 213 Å². The predicted molar refractivity (Wildman–Crippen MR) is 146 cm³/mol. The molecule has 0 radical (unpaired) electrons. The van der Waals surface area contributed by atoms with Crippen LogP contribution in [0.25, 0.3) is 55.4 Å². The maximum Gasteiger partial charge on any atom is 0.138 e. The van der Waals surface area contributed by atoms with Gasteiger partial charge in [-0.1, -0.05) is 30.3 Å². The Balaban J connectivity index is 1.37. The van der Waals surface area contributed by atoms with Crippen molar-refractivity contribution in [2.24, 2.45) is 0 Å². The van der Waals surface area contributed by atoms with Crippen LogP contribution in [0.15, 0.2) is 85.2 Å². The molecule has 37 heavy (non-hydrogen) atoms. The Kier molecular flexibility index (Phi) is 5.90. The number of pyridine rings is 1. The minimum atomic E-state index is -0.245. The molecule has 3 heterocycles. The lowest BCUT2D eigenvalue weighted by molar-refractivity contribution is 0.261. The molecule has 0 aliphatic carbocycles. The number of hydrogen-bond acceptors (Lipinski definition) is 4. The number of fused-ring (bicyclic) bond motifs is 2. The first-order chi connectivity index (χ1) is 18.0. The van der Waals surface area contributed by atoms with Gasteiger partial charge in [-0.15, -0.1) is 0 Å². The number of hydrogen-bond donors (Lipinski definition) is 2. The lowest BCUT2D eigenvalue weighted by Crippen LogP contribution is -2.19. The molecule has 0 unspecified atom stereocenters. The Morgan fingerprint density at radius 2 is 1.68 bits per heavy atom. The molecule has 0 aliphatic rings. The van der Waals surface area contributed by atoms with Gasteiger partial charge in [0, 0.05) is 34.6 Å². The predicted octanol–water partition coefficient (Wildman–Crippen LogP) is 6.52. The highest BCUT2D eigenvalue weighted by molar-refractivity contribution is 6.01. The van der Waals surface area contributed by atoms with Crippen LogP contribution in [0.4, 0.5) is 4.39 Å². The number of ether oxygens (including phenoxy) is 1. The maximum atomic E-state index is 13.5. The molecule has 3 aromatic heterocycles. The third-order valence-corrected chi connectivity index (χ3v) is 6.49. The van der Waals surface area contributed by atoms with E-state index >= 15 is 0 Å². The number of aromatic nitrogens is 4. The fourth-order valence-electron chi connectivity index (χ4n) is 4.56. The summed E-state index contributed by atoms with van der Waals surface area (Å²) in [5, 5.41) is 9.85. The minimum absolute atomic E-state index is 0.245. The van der Waals surface area contributed by atoms with Crippen LogP contribution in [0, 0.1) is 5.82 Å². The highest BCUT2D eigenvalue weighted by Gasteiger charge is 2.14. The summed E-state index contributed by atoms with van der Waals surface area (Å²) in [6.07, 6.45) is 3.59. The van der Waals surface area contributed by atoms with Crippen molar-refractivity contribution in [2.75, 3.05) is 27.2 Å². The second-order valence-corrected chi connectivity index (χ2v) is 9.35. The van der Waals surface area contributed by atoms with E-state index in [1.165, 1.54) is 12.1 Å². The molecule has 0 fully saturated rings. The third-order valence-electron chi connectivity index (χ3n) is 6.49. The van der Waals surface area contributed by atoms with E-state index in [0.29, 0.717) is 6.61 Å². The Hall–Kier alpha value is -4.49. The molecule has 0 saturated carbocycles. The summed E-state index contributed by atoms with van der Waals surface area (Å²) < 4.78 is 19.4. The summed E-state index contributed by atoms with van der Waals surface area (Å²) in [6.45, 7) is 1.44. The zero-order valence-electron chi connectivity index (χ0n) is 20.6. The van der Waals surface area contributed by atoms with Crippen LogP contribution in [0.3, 0.4) is 0 Å². The van der Waals surface area contributed by atoms with Crippen LogP contribution >= 0.6 is 0 Å². The van der Waals surface area contributed by atoms with Gasteiger partial charge in [-0.05, 0) is 73.3 Å². The molecule has 6 nitrogen and oxygen atoms in total. The molecule has 7 heteroatoms. The molecule has 6 rings (SSSR count). The van der Waals surface area contributed by atoms with E-state index in [4.69, 9.17) is 4.74 Å². The van der Waals surface area contributed by atoms with Crippen molar-refractivity contribution < 1.29 is 9.13 Å². The SMILES string of the molecule is CN(C)CCOc1cncc(-c2ccc3[nH]nc(-c4cc5c(-c6ccc(F)cc6)cccc5[nH]4)c3c2)c1. The molecule has 3 aromatic carbocycles. The van der Waals surface area contributed by atoms with E-state index in [1.54, 1.807) is 18.3 Å². The molecular formula is C30H26FN5O. The van der Waals surface area contributed by atoms with Crippen molar-refractivity contribution in [3.05, 3.63) is 91.0 Å². The number of benzene rings is 3. The Morgan fingerprint density at radius 1 is 0.838 bits per heavy atom. The van der Waals surface area contributed by atoms with Gasteiger partial charge in [-0.25, -0.2) is 4.39 Å². The fourth-order valence-corrected chi connectivity index (χ4v) is 4.56. The number of nitrogens with zero attached hydrogens (tertiary/aromatic N) is 3. The normalized spacial score (nSPS) is 11.6. The first kappa shape index (κ1) is 22.9. The molecule has 0 bridgehead atoms.